The number of hydrogen-bond donors (Lipinski definition) is 0. The second-order valence-corrected chi connectivity index (χ2v) is 3.93. The lowest BCUT2D eigenvalue weighted by atomic mass is 9.98. The molecule has 1 amide bonds. The molecule has 2 fully saturated rings. The molecule has 0 spiro atoms. The maximum Gasteiger partial charge on any atom is 0.410 e. The van der Waals surface area contributed by atoms with Crippen molar-refractivity contribution < 1.29 is 19.1 Å². The number of ether oxygens (including phenoxy) is 2. The van der Waals surface area contributed by atoms with Crippen molar-refractivity contribution in [1.29, 1.82) is 0 Å². The average Bonchev–Trinajstić information content (AvgIpc) is 2.60. The van der Waals surface area contributed by atoms with Crippen molar-refractivity contribution in [2.24, 2.45) is 0 Å². The van der Waals surface area contributed by atoms with E-state index in [1.165, 1.54) is 0 Å². The van der Waals surface area contributed by atoms with Crippen molar-refractivity contribution in [2.45, 2.75) is 25.8 Å². The van der Waals surface area contributed by atoms with Crippen LogP contribution < -0.4 is 0 Å². The molecule has 0 unspecified atom stereocenters. The SMILES string of the molecule is CCOC(=O)C=C1CCN2C(=O)OC[C@H]2C1. The van der Waals surface area contributed by atoms with Crippen LogP contribution in [0, 0.1) is 0 Å². The van der Waals surface area contributed by atoms with Gasteiger partial charge in [0.2, 0.25) is 0 Å². The minimum atomic E-state index is -0.295. The molecule has 0 bridgehead atoms. The molecule has 2 aliphatic rings. The highest BCUT2D eigenvalue weighted by Gasteiger charge is 2.36. The molecule has 0 radical (unpaired) electrons. The molecule has 2 heterocycles. The number of carbonyl (C=O) groups excluding carboxylic acids is 2. The smallest absolute Gasteiger partial charge is 0.410 e. The van der Waals surface area contributed by atoms with Gasteiger partial charge in [0.15, 0.2) is 0 Å². The number of carbonyl (C=O) groups is 2. The van der Waals surface area contributed by atoms with Gasteiger partial charge in [-0.05, 0) is 19.8 Å². The predicted molar refractivity (Wildman–Crippen MR) is 55.8 cm³/mol. The third-order valence-corrected chi connectivity index (χ3v) is 2.85. The van der Waals surface area contributed by atoms with Gasteiger partial charge in [-0.15, -0.1) is 0 Å². The molecule has 0 saturated carbocycles. The van der Waals surface area contributed by atoms with Crippen molar-refractivity contribution in [3.63, 3.8) is 0 Å². The first-order valence-electron chi connectivity index (χ1n) is 5.50. The second-order valence-electron chi connectivity index (χ2n) is 3.93. The summed E-state index contributed by atoms with van der Waals surface area (Å²) in [6, 6.07) is 0.0990. The summed E-state index contributed by atoms with van der Waals surface area (Å²) in [6.07, 6.45) is 2.75. The molecule has 16 heavy (non-hydrogen) atoms. The Bertz CT molecular complexity index is 337. The molecule has 0 aromatic heterocycles. The lowest BCUT2D eigenvalue weighted by molar-refractivity contribution is -0.137. The quantitative estimate of drug-likeness (QED) is 0.521. The molecule has 2 aliphatic heterocycles. The first-order valence-corrected chi connectivity index (χ1v) is 5.50. The van der Waals surface area contributed by atoms with Crippen molar-refractivity contribution in [1.82, 2.24) is 4.90 Å². The number of esters is 1. The van der Waals surface area contributed by atoms with Crippen LogP contribution in [0.1, 0.15) is 19.8 Å². The van der Waals surface area contributed by atoms with Gasteiger partial charge in [0, 0.05) is 12.6 Å². The molecular formula is C11H15NO4. The Hall–Kier alpha value is -1.52. The summed E-state index contributed by atoms with van der Waals surface area (Å²) >= 11 is 0. The number of piperidine rings is 1. The van der Waals surface area contributed by atoms with E-state index in [4.69, 9.17) is 9.47 Å². The summed E-state index contributed by atoms with van der Waals surface area (Å²) in [7, 11) is 0. The van der Waals surface area contributed by atoms with Crippen molar-refractivity contribution in [2.75, 3.05) is 19.8 Å². The van der Waals surface area contributed by atoms with Gasteiger partial charge in [-0.1, -0.05) is 5.57 Å². The van der Waals surface area contributed by atoms with E-state index in [1.54, 1.807) is 17.9 Å². The van der Waals surface area contributed by atoms with Crippen LogP contribution >= 0.6 is 0 Å². The van der Waals surface area contributed by atoms with E-state index in [0.717, 1.165) is 12.0 Å². The molecule has 1 atom stereocenters. The third kappa shape index (κ3) is 2.18. The standard InChI is InChI=1S/C11H15NO4/c1-2-15-10(13)6-8-3-4-12-9(5-8)7-16-11(12)14/h6,9H,2-5,7H2,1H3/t9-/m1/s1. The van der Waals surface area contributed by atoms with Gasteiger partial charge >= 0.3 is 12.1 Å². The summed E-state index contributed by atoms with van der Waals surface area (Å²) in [5, 5.41) is 0. The van der Waals surface area contributed by atoms with Gasteiger partial charge in [-0.25, -0.2) is 9.59 Å². The molecule has 0 N–H and O–H groups in total. The molecule has 2 rings (SSSR count). The first kappa shape index (κ1) is 11.0. The minimum absolute atomic E-state index is 0.0990. The van der Waals surface area contributed by atoms with Crippen molar-refractivity contribution >= 4 is 12.1 Å². The molecule has 0 aliphatic carbocycles. The van der Waals surface area contributed by atoms with Crippen LogP contribution in [0.25, 0.3) is 0 Å². The Morgan fingerprint density at radius 1 is 1.69 bits per heavy atom. The van der Waals surface area contributed by atoms with Crippen LogP contribution in [0.2, 0.25) is 0 Å². The molecule has 0 aromatic rings. The van der Waals surface area contributed by atoms with E-state index < -0.39 is 0 Å². The van der Waals surface area contributed by atoms with E-state index in [-0.39, 0.29) is 18.1 Å². The van der Waals surface area contributed by atoms with Gasteiger partial charge in [-0.2, -0.15) is 0 Å². The summed E-state index contributed by atoms with van der Waals surface area (Å²) in [5.41, 5.74) is 1.04. The van der Waals surface area contributed by atoms with Crippen LogP contribution in [-0.4, -0.2) is 42.8 Å². The monoisotopic (exact) mass is 225 g/mol. The lowest BCUT2D eigenvalue weighted by Gasteiger charge is -2.27. The number of nitrogens with zero attached hydrogens (tertiary/aromatic N) is 1. The van der Waals surface area contributed by atoms with E-state index in [9.17, 15) is 9.59 Å². The van der Waals surface area contributed by atoms with E-state index in [0.29, 0.717) is 26.2 Å². The number of fused-ring (bicyclic) bond motifs is 1. The number of hydrogen-bond acceptors (Lipinski definition) is 4. The van der Waals surface area contributed by atoms with E-state index in [1.807, 2.05) is 0 Å². The van der Waals surface area contributed by atoms with Crippen LogP contribution in [0.3, 0.4) is 0 Å². The van der Waals surface area contributed by atoms with E-state index >= 15 is 0 Å². The zero-order chi connectivity index (χ0) is 11.5. The van der Waals surface area contributed by atoms with Gasteiger partial charge in [0.05, 0.1) is 12.6 Å². The van der Waals surface area contributed by atoms with Crippen molar-refractivity contribution in [3.05, 3.63) is 11.6 Å². The topological polar surface area (TPSA) is 55.8 Å². The van der Waals surface area contributed by atoms with E-state index in [2.05, 4.69) is 0 Å². The summed E-state index contributed by atoms with van der Waals surface area (Å²) < 4.78 is 9.79. The molecule has 2 saturated heterocycles. The van der Waals surface area contributed by atoms with Crippen molar-refractivity contribution in [3.8, 4) is 0 Å². The van der Waals surface area contributed by atoms with Crippen LogP contribution in [0.15, 0.2) is 11.6 Å². The highest BCUT2D eigenvalue weighted by Crippen LogP contribution is 2.26. The predicted octanol–water partition coefficient (Wildman–Crippen LogP) is 1.09. The number of rotatable bonds is 2. The van der Waals surface area contributed by atoms with Crippen LogP contribution in [0.5, 0.6) is 0 Å². The summed E-state index contributed by atoms with van der Waals surface area (Å²) in [5.74, 6) is -0.295. The van der Waals surface area contributed by atoms with Gasteiger partial charge in [-0.3, -0.25) is 0 Å². The highest BCUT2D eigenvalue weighted by molar-refractivity contribution is 5.83. The second kappa shape index (κ2) is 4.55. The normalized spacial score (nSPS) is 26.6. The fourth-order valence-corrected chi connectivity index (χ4v) is 2.08. The Morgan fingerprint density at radius 2 is 2.50 bits per heavy atom. The zero-order valence-corrected chi connectivity index (χ0v) is 9.27. The molecule has 5 heteroatoms. The summed E-state index contributed by atoms with van der Waals surface area (Å²) in [6.45, 7) is 3.23. The van der Waals surface area contributed by atoms with Gasteiger partial charge < -0.3 is 14.4 Å². The Balaban J connectivity index is 1.96. The fourth-order valence-electron chi connectivity index (χ4n) is 2.08. The highest BCUT2D eigenvalue weighted by atomic mass is 16.6. The molecular weight excluding hydrogens is 210 g/mol. The minimum Gasteiger partial charge on any atom is -0.463 e. The Labute approximate surface area is 94.0 Å². The summed E-state index contributed by atoms with van der Waals surface area (Å²) in [4.78, 5) is 24.2. The maximum atomic E-state index is 11.3. The Kier molecular flexibility index (Phi) is 3.12. The van der Waals surface area contributed by atoms with Crippen LogP contribution in [-0.2, 0) is 14.3 Å². The van der Waals surface area contributed by atoms with Gasteiger partial charge in [0.25, 0.3) is 0 Å². The largest absolute Gasteiger partial charge is 0.463 e. The number of cyclic esters (lactones) is 1. The average molecular weight is 225 g/mol. The molecule has 5 nitrogen and oxygen atoms in total. The van der Waals surface area contributed by atoms with Gasteiger partial charge in [0.1, 0.15) is 6.61 Å². The fraction of sp³-hybridized carbons (Fsp3) is 0.636. The third-order valence-electron chi connectivity index (χ3n) is 2.85. The zero-order valence-electron chi connectivity index (χ0n) is 9.27. The van der Waals surface area contributed by atoms with Crippen LogP contribution in [0.4, 0.5) is 4.79 Å². The number of amides is 1. The first-order chi connectivity index (χ1) is 7.70. The molecule has 0 aromatic carbocycles. The molecule has 88 valence electrons. The Morgan fingerprint density at radius 3 is 3.25 bits per heavy atom. The lowest BCUT2D eigenvalue weighted by Crippen LogP contribution is -2.38. The maximum absolute atomic E-state index is 11.3.